The van der Waals surface area contributed by atoms with Gasteiger partial charge in [-0.2, -0.15) is 80.4 Å². The lowest BCUT2D eigenvalue weighted by Crippen LogP contribution is -2.37. The maximum atomic E-state index is 14.9. The minimum absolute atomic E-state index is 0.0230. The van der Waals surface area contributed by atoms with Gasteiger partial charge in [-0.1, -0.05) is 86.6 Å². The number of anilines is 12. The van der Waals surface area contributed by atoms with E-state index in [0.717, 1.165) is 77.6 Å². The minimum Gasteiger partial charge on any atom is -0.368 e. The molecule has 4 aromatic heterocycles. The van der Waals surface area contributed by atoms with Crippen LogP contribution in [0.5, 0.6) is 0 Å². The summed E-state index contributed by atoms with van der Waals surface area (Å²) in [5, 5.41) is 17.5. The third-order valence-electron chi connectivity index (χ3n) is 23.2. The van der Waals surface area contributed by atoms with Gasteiger partial charge in [0, 0.05) is 70.3 Å². The highest BCUT2D eigenvalue weighted by atomic mass is 32.2. The number of carbonyl (C=O) groups is 4. The van der Waals surface area contributed by atoms with Gasteiger partial charge in [-0.3, -0.25) is 56.1 Å². The third kappa shape index (κ3) is 16.6. The lowest BCUT2D eigenvalue weighted by atomic mass is 9.70. The number of nitrogen functional groups attached to an aromatic ring is 2. The minimum atomic E-state index is -5.47. The van der Waals surface area contributed by atoms with Crippen molar-refractivity contribution in [2.24, 2.45) is 37.8 Å². The number of carbonyl (C=O) groups excluding carboxylic acids is 4. The predicted molar refractivity (Wildman–Crippen MR) is 462 cm³/mol. The van der Waals surface area contributed by atoms with Crippen molar-refractivity contribution in [3.05, 3.63) is 211 Å². The molecule has 4 aliphatic carbocycles. The number of nitrogens with zero attached hydrogens (tertiary/aromatic N) is 8. The Morgan fingerprint density at radius 3 is 1.06 bits per heavy atom. The molecular weight excluding hydrogens is 1770 g/mol. The van der Waals surface area contributed by atoms with Gasteiger partial charge in [0.25, 0.3) is 71.8 Å². The summed E-state index contributed by atoms with van der Waals surface area (Å²) < 4.78 is 220. The molecule has 16 N–H and O–H groups in total. The molecule has 0 aliphatic heterocycles. The molecule has 16 rings (SSSR count). The summed E-state index contributed by atoms with van der Waals surface area (Å²) in [6.07, 6.45) is 4.99. The Bertz CT molecular complexity index is 7300. The van der Waals surface area contributed by atoms with Crippen LogP contribution in [0.15, 0.2) is 185 Å². The Hall–Kier alpha value is -13.3. The number of hydrogen-bond acceptors (Lipinski definition) is 32. The quantitative estimate of drug-likeness (QED) is 0.0197. The first kappa shape index (κ1) is 87.2. The van der Waals surface area contributed by atoms with E-state index in [-0.39, 0.29) is 148 Å². The standard InChI is InChI=1S/C81H72N16O24S6/c1-36-27-38(19-21-48(36)86-78-90-76(82)92-80(94-78)88-54-32-52(58(124(110,111)112)34-60(54)126(116,117)118)84-50-23-25-56-66-62(44-15-5-7-17-46(44)72(100)64(50)66)68(74(102)96(56)3)70(98)40-11-9-13-42(30-40)122(104,105)106)29-39-20-22-49(37(2)28-39)87-79-91-77(83)93-81(95-79)89-55-33-53(59(125(113,114)115)35-61(55)127(119,120)121)85-51-24-26-57-67-63(45-16-6-8-18-47(45)73(101)65(51)67)69(75(103)97(57)4)71(99)41-12-10-14-43(31-41)123(107,108)109/h5-18,23-26,30-39,48-49,84-85H,19-22,27-29H2,1-4H3,(H,104,105,106)(H,107,108,109)(H,110,111,112)(H,113,114,115)(H,116,117,118)(H,119,120,121)(H4,82,86,88,90,92,94)(H4,83,87,89,91,93,95). The summed E-state index contributed by atoms with van der Waals surface area (Å²) in [7, 11) is -28.9. The van der Waals surface area contributed by atoms with E-state index in [4.69, 9.17) is 11.5 Å². The van der Waals surface area contributed by atoms with Gasteiger partial charge in [-0.05, 0) is 153 Å². The Morgan fingerprint density at radius 2 is 0.724 bits per heavy atom. The Labute approximate surface area is 721 Å². The van der Waals surface area contributed by atoms with E-state index in [1.807, 2.05) is 13.8 Å². The highest BCUT2D eigenvalue weighted by molar-refractivity contribution is 7.87. The van der Waals surface area contributed by atoms with E-state index in [9.17, 15) is 107 Å². The number of aromatic nitrogens is 8. The van der Waals surface area contributed by atoms with Gasteiger partial charge in [-0.25, -0.2) is 0 Å². The van der Waals surface area contributed by atoms with E-state index >= 15 is 0 Å². The summed E-state index contributed by atoms with van der Waals surface area (Å²) in [5.41, 5.74) is 5.69. The van der Waals surface area contributed by atoms with Crippen LogP contribution in [0.1, 0.15) is 122 Å². The van der Waals surface area contributed by atoms with Crippen molar-refractivity contribution in [1.29, 1.82) is 0 Å². The number of aryl methyl sites for hydroxylation is 2. The molecule has 4 heterocycles. The monoisotopic (exact) mass is 1840 g/mol. The molecule has 0 amide bonds. The predicted octanol–water partition coefficient (Wildman–Crippen LogP) is 9.79. The van der Waals surface area contributed by atoms with Crippen LogP contribution in [-0.2, 0) is 74.8 Å². The fourth-order valence-electron chi connectivity index (χ4n) is 17.5. The van der Waals surface area contributed by atoms with E-state index in [1.165, 1.54) is 111 Å². The maximum Gasteiger partial charge on any atom is 0.296 e. The molecule has 656 valence electrons. The fourth-order valence-corrected chi connectivity index (χ4v) is 21.3. The molecule has 46 heteroatoms. The second kappa shape index (κ2) is 32.0. The van der Waals surface area contributed by atoms with Gasteiger partial charge in [-0.15, -0.1) is 0 Å². The van der Waals surface area contributed by atoms with Crippen LogP contribution in [0.2, 0.25) is 0 Å². The molecule has 12 aromatic rings. The average molecular weight is 1850 g/mol. The van der Waals surface area contributed by atoms with Crippen LogP contribution in [0.25, 0.3) is 44.1 Å². The number of rotatable bonds is 24. The summed E-state index contributed by atoms with van der Waals surface area (Å²) in [6.45, 7) is 4.06. The van der Waals surface area contributed by atoms with E-state index in [2.05, 4.69) is 61.8 Å². The zero-order chi connectivity index (χ0) is 91.1. The number of hydrogen-bond donors (Lipinski definition) is 14. The van der Waals surface area contributed by atoms with Crippen LogP contribution in [0.3, 0.4) is 0 Å². The Kier molecular flexibility index (Phi) is 22.0. The zero-order valence-corrected chi connectivity index (χ0v) is 71.4. The van der Waals surface area contributed by atoms with Gasteiger partial charge in [0.05, 0.1) is 77.2 Å². The van der Waals surface area contributed by atoms with Crippen molar-refractivity contribution >= 4 is 175 Å². The normalized spacial score (nSPS) is 17.7. The molecule has 2 fully saturated rings. The first-order chi connectivity index (χ1) is 59.7. The van der Waals surface area contributed by atoms with Crippen LogP contribution < -0.4 is 54.5 Å². The molecule has 6 atom stereocenters. The van der Waals surface area contributed by atoms with E-state index in [1.54, 1.807) is 0 Å². The first-order valence-electron chi connectivity index (χ1n) is 38.5. The largest absolute Gasteiger partial charge is 0.368 e. The molecular formula is C81H72N16O24S6. The van der Waals surface area contributed by atoms with Gasteiger partial charge in [0.2, 0.25) is 35.7 Å². The fraction of sp³-hybridized carbons (Fsp3) is 0.210. The summed E-state index contributed by atoms with van der Waals surface area (Å²) >= 11 is 0. The molecule has 0 bridgehead atoms. The highest BCUT2D eigenvalue weighted by Crippen LogP contribution is 2.49. The van der Waals surface area contributed by atoms with Crippen molar-refractivity contribution in [3.8, 4) is 22.3 Å². The Balaban J connectivity index is 0.610. The smallest absolute Gasteiger partial charge is 0.296 e. The van der Waals surface area contributed by atoms with Crippen LogP contribution in [-0.4, -0.2) is 152 Å². The summed E-state index contributed by atoms with van der Waals surface area (Å²) in [5.74, 6) is -4.82. The van der Waals surface area contributed by atoms with Crippen molar-refractivity contribution in [3.63, 3.8) is 0 Å². The van der Waals surface area contributed by atoms with Gasteiger partial charge >= 0.3 is 0 Å². The van der Waals surface area contributed by atoms with Gasteiger partial charge in [0.15, 0.2) is 23.1 Å². The van der Waals surface area contributed by atoms with Crippen molar-refractivity contribution in [1.82, 2.24) is 39.0 Å². The molecule has 0 spiro atoms. The topological polar surface area (TPSA) is 640 Å². The molecule has 2 saturated carbocycles. The van der Waals surface area contributed by atoms with Gasteiger partial charge < -0.3 is 52.5 Å². The Morgan fingerprint density at radius 1 is 0.386 bits per heavy atom. The summed E-state index contributed by atoms with van der Waals surface area (Å²) in [4.78, 5) is 108. The molecule has 40 nitrogen and oxygen atoms in total. The maximum absolute atomic E-state index is 14.9. The SMILES string of the molecule is CC1CC(CC2CCC(Nc3nc(N)nc(Nc4cc(Nc5ccc6c7c5C(=O)c5ccccc5-c7c(C(=O)c5cccc(S(=O)(=O)O)c5)c(=O)n6C)c(S(=O)(=O)O)cc4S(=O)(=O)O)n3)C(C)C2)CCC1Nc1nc(N)nc(Nc2cc(Nc3ccc4c5c3C(=O)c3ccccc3-c5c(C(=O)c3cccc(S(=O)(=O)O)c3)c(=O)n4C)c(S(=O)(=O)O)cc2S(=O)(=O)O)n1. The van der Waals surface area contributed by atoms with Gasteiger partial charge in [0.1, 0.15) is 19.6 Å². The molecule has 127 heavy (non-hydrogen) atoms. The van der Waals surface area contributed by atoms with Crippen LogP contribution >= 0.6 is 0 Å². The van der Waals surface area contributed by atoms with Crippen LogP contribution in [0, 0.1) is 23.7 Å². The number of benzene rings is 8. The first-order valence-corrected chi connectivity index (χ1v) is 47.1. The highest BCUT2D eigenvalue weighted by Gasteiger charge is 2.41. The van der Waals surface area contributed by atoms with E-state index in [0.29, 0.717) is 25.0 Å². The second-order valence-electron chi connectivity index (χ2n) is 31.2. The zero-order valence-electron chi connectivity index (χ0n) is 66.5. The number of pyridine rings is 2. The molecule has 6 unspecified atom stereocenters. The van der Waals surface area contributed by atoms with Crippen molar-refractivity contribution in [2.75, 3.05) is 43.4 Å². The molecule has 0 radical (unpaired) electrons. The van der Waals surface area contributed by atoms with Crippen molar-refractivity contribution < 1.29 is 97.0 Å². The second-order valence-corrected chi connectivity index (χ2v) is 39.6. The lowest BCUT2D eigenvalue weighted by Gasteiger charge is -2.39. The average Bonchev–Trinajstić information content (AvgIpc) is 0.707. The van der Waals surface area contributed by atoms with E-state index < -0.39 is 170 Å². The van der Waals surface area contributed by atoms with Crippen LogP contribution in [0.4, 0.5) is 69.8 Å². The molecule has 0 saturated heterocycles. The number of fused-ring (bicyclic) bond motifs is 4. The number of nitrogens with one attached hydrogen (secondary N) is 6. The number of nitrogens with two attached hydrogens (primary N) is 2. The third-order valence-corrected chi connectivity index (χ3v) is 28.4. The summed E-state index contributed by atoms with van der Waals surface area (Å²) in [6, 6.07) is 27.6. The lowest BCUT2D eigenvalue weighted by molar-refractivity contribution is 0.102. The molecule has 8 aromatic carbocycles. The number of ketones is 4. The van der Waals surface area contributed by atoms with Crippen molar-refractivity contribution in [2.45, 2.75) is 100 Å². The molecule has 4 aliphatic rings.